The standard InChI is InChI=1S/C8H8N2OS/c1-5-7-6(3-12-5)8(11)10(2)4-9-7/h3-4H,1-2H3. The quantitative estimate of drug-likeness (QED) is 0.612. The van der Waals surface area contributed by atoms with E-state index in [4.69, 9.17) is 0 Å². The van der Waals surface area contributed by atoms with Gasteiger partial charge in [-0.1, -0.05) is 0 Å². The van der Waals surface area contributed by atoms with Gasteiger partial charge in [0.25, 0.3) is 5.56 Å². The molecule has 0 unspecified atom stereocenters. The van der Waals surface area contributed by atoms with Crippen LogP contribution in [0.25, 0.3) is 10.9 Å². The minimum Gasteiger partial charge on any atom is -0.302 e. The van der Waals surface area contributed by atoms with Crippen LogP contribution in [-0.4, -0.2) is 9.55 Å². The van der Waals surface area contributed by atoms with E-state index in [0.29, 0.717) is 0 Å². The van der Waals surface area contributed by atoms with Crippen molar-refractivity contribution < 1.29 is 0 Å². The van der Waals surface area contributed by atoms with Crippen LogP contribution in [0, 0.1) is 6.92 Å². The normalized spacial score (nSPS) is 10.8. The lowest BCUT2D eigenvalue weighted by atomic mass is 10.3. The Balaban J connectivity index is 3.03. The van der Waals surface area contributed by atoms with E-state index in [1.807, 2.05) is 12.3 Å². The molecule has 0 fully saturated rings. The Labute approximate surface area is 73.3 Å². The van der Waals surface area contributed by atoms with Crippen molar-refractivity contribution in [3.05, 3.63) is 26.9 Å². The SMILES string of the molecule is Cc1scc2c(=O)n(C)cnc12. The predicted molar refractivity (Wildman–Crippen MR) is 49.6 cm³/mol. The molecule has 62 valence electrons. The molecule has 0 aliphatic rings. The molecule has 12 heavy (non-hydrogen) atoms. The van der Waals surface area contributed by atoms with Gasteiger partial charge in [-0.3, -0.25) is 4.79 Å². The van der Waals surface area contributed by atoms with Gasteiger partial charge < -0.3 is 4.57 Å². The summed E-state index contributed by atoms with van der Waals surface area (Å²) in [6.45, 7) is 1.97. The zero-order chi connectivity index (χ0) is 8.72. The molecule has 2 heterocycles. The number of hydrogen-bond acceptors (Lipinski definition) is 3. The fraction of sp³-hybridized carbons (Fsp3) is 0.250. The van der Waals surface area contributed by atoms with Gasteiger partial charge in [0.2, 0.25) is 0 Å². The molecule has 0 saturated carbocycles. The van der Waals surface area contributed by atoms with Gasteiger partial charge in [0.05, 0.1) is 17.2 Å². The Morgan fingerprint density at radius 1 is 1.58 bits per heavy atom. The molecule has 2 rings (SSSR count). The third kappa shape index (κ3) is 0.881. The fourth-order valence-electron chi connectivity index (χ4n) is 1.15. The fourth-order valence-corrected chi connectivity index (χ4v) is 1.93. The summed E-state index contributed by atoms with van der Waals surface area (Å²) in [5.41, 5.74) is 0.868. The maximum atomic E-state index is 11.5. The molecule has 0 atom stereocenters. The number of thiophene rings is 1. The van der Waals surface area contributed by atoms with Gasteiger partial charge in [-0.05, 0) is 6.92 Å². The molecule has 0 aromatic carbocycles. The molecular formula is C8H8N2OS. The Kier molecular flexibility index (Phi) is 1.51. The maximum absolute atomic E-state index is 11.5. The van der Waals surface area contributed by atoms with Gasteiger partial charge in [-0.15, -0.1) is 11.3 Å². The van der Waals surface area contributed by atoms with Crippen molar-refractivity contribution in [1.29, 1.82) is 0 Å². The van der Waals surface area contributed by atoms with Crippen LogP contribution in [-0.2, 0) is 7.05 Å². The lowest BCUT2D eigenvalue weighted by Gasteiger charge is -1.94. The lowest BCUT2D eigenvalue weighted by molar-refractivity contribution is 0.843. The highest BCUT2D eigenvalue weighted by atomic mass is 32.1. The van der Waals surface area contributed by atoms with Crippen LogP contribution in [0.5, 0.6) is 0 Å². The van der Waals surface area contributed by atoms with E-state index >= 15 is 0 Å². The van der Waals surface area contributed by atoms with Crippen LogP contribution in [0.3, 0.4) is 0 Å². The van der Waals surface area contributed by atoms with Crippen molar-refractivity contribution >= 4 is 22.2 Å². The van der Waals surface area contributed by atoms with Crippen LogP contribution in [0.1, 0.15) is 4.88 Å². The topological polar surface area (TPSA) is 34.9 Å². The Morgan fingerprint density at radius 2 is 2.33 bits per heavy atom. The van der Waals surface area contributed by atoms with Crippen LogP contribution >= 0.6 is 11.3 Å². The summed E-state index contributed by atoms with van der Waals surface area (Å²) in [7, 11) is 1.71. The molecule has 3 nitrogen and oxygen atoms in total. The average Bonchev–Trinajstić information content (AvgIpc) is 2.41. The smallest absolute Gasteiger partial charge is 0.261 e. The van der Waals surface area contributed by atoms with Crippen molar-refractivity contribution in [2.75, 3.05) is 0 Å². The zero-order valence-electron chi connectivity index (χ0n) is 6.87. The van der Waals surface area contributed by atoms with Gasteiger partial charge in [0.1, 0.15) is 0 Å². The Hall–Kier alpha value is -1.16. The highest BCUT2D eigenvalue weighted by molar-refractivity contribution is 7.11. The third-order valence-corrected chi connectivity index (χ3v) is 2.75. The van der Waals surface area contributed by atoms with E-state index in [9.17, 15) is 4.79 Å². The summed E-state index contributed by atoms with van der Waals surface area (Å²) in [6.07, 6.45) is 1.56. The average molecular weight is 180 g/mol. The molecule has 0 radical (unpaired) electrons. The van der Waals surface area contributed by atoms with Gasteiger partial charge in [-0.25, -0.2) is 4.98 Å². The van der Waals surface area contributed by atoms with E-state index in [-0.39, 0.29) is 5.56 Å². The molecule has 2 aromatic rings. The van der Waals surface area contributed by atoms with E-state index < -0.39 is 0 Å². The first-order chi connectivity index (χ1) is 5.70. The number of hydrogen-bond donors (Lipinski definition) is 0. The van der Waals surface area contributed by atoms with E-state index in [1.165, 1.54) is 4.57 Å². The van der Waals surface area contributed by atoms with Crippen LogP contribution in [0.2, 0.25) is 0 Å². The number of aromatic nitrogens is 2. The van der Waals surface area contributed by atoms with Gasteiger partial charge in [0.15, 0.2) is 0 Å². The molecule has 0 aliphatic heterocycles. The molecule has 0 saturated heterocycles. The summed E-state index contributed by atoms with van der Waals surface area (Å²) >= 11 is 1.56. The van der Waals surface area contributed by atoms with E-state index in [2.05, 4.69) is 4.98 Å². The molecule has 0 spiro atoms. The van der Waals surface area contributed by atoms with Gasteiger partial charge in [-0.2, -0.15) is 0 Å². The summed E-state index contributed by atoms with van der Waals surface area (Å²) in [5.74, 6) is 0. The first-order valence-corrected chi connectivity index (χ1v) is 4.47. The third-order valence-electron chi connectivity index (χ3n) is 1.85. The first-order valence-electron chi connectivity index (χ1n) is 3.59. The lowest BCUT2D eigenvalue weighted by Crippen LogP contribution is -2.15. The second-order valence-electron chi connectivity index (χ2n) is 2.71. The van der Waals surface area contributed by atoms with Gasteiger partial charge in [0, 0.05) is 17.3 Å². The highest BCUT2D eigenvalue weighted by Crippen LogP contribution is 2.18. The molecule has 0 bridgehead atoms. The van der Waals surface area contributed by atoms with Crippen LogP contribution in [0.15, 0.2) is 16.5 Å². The highest BCUT2D eigenvalue weighted by Gasteiger charge is 2.04. The molecule has 0 amide bonds. The Bertz CT molecular complexity index is 483. The minimum atomic E-state index is 0.0318. The molecule has 4 heteroatoms. The van der Waals surface area contributed by atoms with Crippen molar-refractivity contribution in [2.24, 2.45) is 7.05 Å². The van der Waals surface area contributed by atoms with Crippen molar-refractivity contribution in [3.63, 3.8) is 0 Å². The maximum Gasteiger partial charge on any atom is 0.261 e. The van der Waals surface area contributed by atoms with Crippen LogP contribution < -0.4 is 5.56 Å². The first kappa shape index (κ1) is 7.49. The number of fused-ring (bicyclic) bond motifs is 1. The van der Waals surface area contributed by atoms with E-state index in [1.54, 1.807) is 24.7 Å². The van der Waals surface area contributed by atoms with Gasteiger partial charge >= 0.3 is 0 Å². The number of nitrogens with zero attached hydrogens (tertiary/aromatic N) is 2. The zero-order valence-corrected chi connectivity index (χ0v) is 7.68. The minimum absolute atomic E-state index is 0.0318. The van der Waals surface area contributed by atoms with Crippen LogP contribution in [0.4, 0.5) is 0 Å². The van der Waals surface area contributed by atoms with Crippen molar-refractivity contribution in [2.45, 2.75) is 6.92 Å². The molecule has 2 aromatic heterocycles. The van der Waals surface area contributed by atoms with Crippen molar-refractivity contribution in [3.8, 4) is 0 Å². The number of rotatable bonds is 0. The monoisotopic (exact) mass is 180 g/mol. The Morgan fingerprint density at radius 3 is 3.08 bits per heavy atom. The predicted octanol–water partition coefficient (Wildman–Crippen LogP) is 1.30. The molecule has 0 N–H and O–H groups in total. The number of aryl methyl sites for hydroxylation is 2. The summed E-state index contributed by atoms with van der Waals surface area (Å²) < 4.78 is 1.49. The van der Waals surface area contributed by atoms with E-state index in [0.717, 1.165) is 15.8 Å². The molecule has 0 aliphatic carbocycles. The second kappa shape index (κ2) is 2.42. The summed E-state index contributed by atoms with van der Waals surface area (Å²) in [5, 5.41) is 2.59. The second-order valence-corrected chi connectivity index (χ2v) is 3.80. The summed E-state index contributed by atoms with van der Waals surface area (Å²) in [6, 6.07) is 0. The molecular weight excluding hydrogens is 172 g/mol. The van der Waals surface area contributed by atoms with Crippen molar-refractivity contribution in [1.82, 2.24) is 9.55 Å². The summed E-state index contributed by atoms with van der Waals surface area (Å²) in [4.78, 5) is 16.7. The largest absolute Gasteiger partial charge is 0.302 e.